The average Bonchev–Trinajstić information content (AvgIpc) is 3.68. The second kappa shape index (κ2) is 21.6. The molecule has 1 heterocycles. The third kappa shape index (κ3) is 12.2. The summed E-state index contributed by atoms with van der Waals surface area (Å²) in [6.07, 6.45) is -6.02. The maximum Gasteiger partial charge on any atom is 0.416 e. The lowest BCUT2D eigenvalue weighted by Crippen LogP contribution is -2.22. The quantitative estimate of drug-likeness (QED) is 0.0882. The molecular weight excluding hydrogens is 849 g/mol. The van der Waals surface area contributed by atoms with Gasteiger partial charge in [-0.3, -0.25) is 0 Å². The number of benzene rings is 6. The van der Waals surface area contributed by atoms with E-state index in [0.717, 1.165) is 93.2 Å². The minimum Gasteiger partial charge on any atom is -0.496 e. The Morgan fingerprint density at radius 2 is 1.05 bits per heavy atom. The van der Waals surface area contributed by atoms with Crippen LogP contribution in [0.5, 0.6) is 28.7 Å². The summed E-state index contributed by atoms with van der Waals surface area (Å²) in [7, 11) is 7.98. The predicted molar refractivity (Wildman–Crippen MR) is 244 cm³/mol. The topological polar surface area (TPSA) is 77.2 Å². The zero-order valence-corrected chi connectivity index (χ0v) is 36.7. The fourth-order valence-electron chi connectivity index (χ4n) is 7.46. The van der Waals surface area contributed by atoms with Crippen LogP contribution in [-0.2, 0) is 38.0 Å². The highest BCUT2D eigenvalue weighted by Gasteiger charge is 2.31. The Morgan fingerprint density at radius 3 is 1.65 bits per heavy atom. The van der Waals surface area contributed by atoms with Gasteiger partial charge in [-0.05, 0) is 103 Å². The van der Waals surface area contributed by atoms with Crippen LogP contribution in [0.2, 0.25) is 0 Å². The van der Waals surface area contributed by atoms with E-state index in [0.29, 0.717) is 48.9 Å². The van der Waals surface area contributed by atoms with Gasteiger partial charge in [0.15, 0.2) is 23.0 Å². The number of alkyl halides is 6. The Kier molecular flexibility index (Phi) is 15.8. The fourth-order valence-corrected chi connectivity index (χ4v) is 7.46. The molecule has 342 valence electrons. The molecule has 0 saturated heterocycles. The molecule has 7 aromatic rings. The zero-order chi connectivity index (χ0) is 46.6. The van der Waals surface area contributed by atoms with Crippen molar-refractivity contribution in [2.45, 2.75) is 38.0 Å². The van der Waals surface area contributed by atoms with Gasteiger partial charge in [0.1, 0.15) is 11.6 Å². The van der Waals surface area contributed by atoms with E-state index >= 15 is 0 Å². The van der Waals surface area contributed by atoms with Gasteiger partial charge in [0, 0.05) is 53.1 Å². The number of aryl methyl sites for hydroxylation is 2. The van der Waals surface area contributed by atoms with Crippen LogP contribution >= 0.6 is 0 Å². The molecule has 1 aromatic heterocycles. The van der Waals surface area contributed by atoms with Gasteiger partial charge in [-0.2, -0.15) is 26.3 Å². The molecule has 0 aliphatic carbocycles. The molecule has 0 unspecified atom stereocenters. The Balaban J connectivity index is 0.000000257. The number of para-hydroxylation sites is 2. The summed E-state index contributed by atoms with van der Waals surface area (Å²) in [4.78, 5) is 5.80. The highest BCUT2D eigenvalue weighted by molar-refractivity contribution is 5.90. The van der Waals surface area contributed by atoms with Crippen molar-refractivity contribution in [1.29, 1.82) is 0 Å². The molecule has 65 heavy (non-hydrogen) atoms. The summed E-state index contributed by atoms with van der Waals surface area (Å²) in [6.45, 7) is 1.11. The van der Waals surface area contributed by atoms with E-state index in [4.69, 9.17) is 23.7 Å². The van der Waals surface area contributed by atoms with E-state index in [1.807, 2.05) is 66.7 Å². The predicted octanol–water partition coefficient (Wildman–Crippen LogP) is 12.8. The van der Waals surface area contributed by atoms with Gasteiger partial charge in [-0.1, -0.05) is 60.7 Å². The van der Waals surface area contributed by atoms with Gasteiger partial charge in [-0.15, -0.1) is 0 Å². The van der Waals surface area contributed by atoms with Crippen molar-refractivity contribution in [3.63, 3.8) is 0 Å². The molecule has 0 fully saturated rings. The zero-order valence-electron chi connectivity index (χ0n) is 36.7. The van der Waals surface area contributed by atoms with Gasteiger partial charge in [0.2, 0.25) is 0 Å². The molecule has 2 N–H and O–H groups in total. The summed E-state index contributed by atoms with van der Waals surface area (Å²) < 4.78 is 104. The number of H-pyrrole nitrogens is 1. The van der Waals surface area contributed by atoms with E-state index in [1.165, 1.54) is 12.1 Å². The molecule has 0 aliphatic rings. The molecular formula is C51H51F6N3O5. The lowest BCUT2D eigenvalue weighted by atomic mass is 10.0. The first-order valence-corrected chi connectivity index (χ1v) is 20.8. The monoisotopic (exact) mass is 899 g/mol. The van der Waals surface area contributed by atoms with Gasteiger partial charge < -0.3 is 38.9 Å². The second-order valence-corrected chi connectivity index (χ2v) is 14.9. The minimum atomic E-state index is -4.37. The molecule has 0 amide bonds. The number of nitrogens with zero attached hydrogens (tertiary/aromatic N) is 1. The Hall–Kier alpha value is -6.96. The summed E-state index contributed by atoms with van der Waals surface area (Å²) in [5, 5.41) is 4.32. The number of halogens is 6. The minimum absolute atomic E-state index is 0.509. The molecule has 0 atom stereocenters. The maximum absolute atomic E-state index is 13.2. The molecule has 0 bridgehead atoms. The number of aromatic nitrogens is 1. The third-order valence-electron chi connectivity index (χ3n) is 10.9. The molecule has 14 heteroatoms. The van der Waals surface area contributed by atoms with Gasteiger partial charge in [-0.25, -0.2) is 0 Å². The molecule has 8 nitrogen and oxygen atoms in total. The Morgan fingerprint density at radius 1 is 0.508 bits per heavy atom. The lowest BCUT2D eigenvalue weighted by Gasteiger charge is -2.26. The Bertz CT molecular complexity index is 2610. The van der Waals surface area contributed by atoms with Crippen molar-refractivity contribution >= 4 is 28.1 Å². The SMILES string of the molecule is COc1ccc(NCCc2ccc(C(F)(F)F)cc2)cc1OC.COc1ccccc1CCc1c(N(CCc2ccc(C(F)(F)F)cc2)c2ccc(OC)c(OC)c2)[nH]c2ccccc12. The molecule has 0 spiro atoms. The molecule has 6 aromatic carbocycles. The number of anilines is 3. The van der Waals surface area contributed by atoms with Crippen LogP contribution in [0.1, 0.15) is 33.4 Å². The molecule has 7 rings (SSSR count). The number of nitrogens with one attached hydrogen (secondary N) is 2. The number of aromatic amines is 1. The van der Waals surface area contributed by atoms with Crippen LogP contribution < -0.4 is 33.9 Å². The lowest BCUT2D eigenvalue weighted by molar-refractivity contribution is -0.138. The van der Waals surface area contributed by atoms with E-state index in [1.54, 1.807) is 53.7 Å². The highest BCUT2D eigenvalue weighted by atomic mass is 19.4. The summed E-state index contributed by atoms with van der Waals surface area (Å²) in [5.41, 5.74) is 5.33. The van der Waals surface area contributed by atoms with Crippen molar-refractivity contribution in [2.75, 3.05) is 58.9 Å². The van der Waals surface area contributed by atoms with Crippen LogP contribution in [0.15, 0.2) is 133 Å². The maximum atomic E-state index is 13.2. The van der Waals surface area contributed by atoms with Crippen molar-refractivity contribution < 1.29 is 50.0 Å². The van der Waals surface area contributed by atoms with Crippen LogP contribution in [0.25, 0.3) is 10.9 Å². The number of fused-ring (bicyclic) bond motifs is 1. The normalized spacial score (nSPS) is 11.4. The number of methoxy groups -OCH3 is 5. The third-order valence-corrected chi connectivity index (χ3v) is 10.9. The van der Waals surface area contributed by atoms with Crippen LogP contribution in [0.3, 0.4) is 0 Å². The van der Waals surface area contributed by atoms with Gasteiger partial charge in [0.25, 0.3) is 0 Å². The number of ether oxygens (including phenoxy) is 5. The van der Waals surface area contributed by atoms with Gasteiger partial charge in [0.05, 0.1) is 46.7 Å². The Labute approximate surface area is 374 Å². The first kappa shape index (κ1) is 47.5. The van der Waals surface area contributed by atoms with E-state index in [9.17, 15) is 26.3 Å². The molecule has 0 radical (unpaired) electrons. The van der Waals surface area contributed by atoms with E-state index < -0.39 is 23.5 Å². The van der Waals surface area contributed by atoms with Crippen LogP contribution in [0, 0.1) is 0 Å². The van der Waals surface area contributed by atoms with Crippen molar-refractivity contribution in [3.8, 4) is 28.7 Å². The fraction of sp³-hybridized carbons (Fsp3) is 0.255. The van der Waals surface area contributed by atoms with Crippen molar-refractivity contribution in [1.82, 2.24) is 4.98 Å². The number of rotatable bonds is 17. The van der Waals surface area contributed by atoms with Crippen LogP contribution in [-0.4, -0.2) is 53.6 Å². The van der Waals surface area contributed by atoms with E-state index in [-0.39, 0.29) is 0 Å². The summed E-state index contributed by atoms with van der Waals surface area (Å²) >= 11 is 0. The van der Waals surface area contributed by atoms with Gasteiger partial charge >= 0.3 is 12.4 Å². The number of hydrogen-bond donors (Lipinski definition) is 2. The smallest absolute Gasteiger partial charge is 0.416 e. The summed E-state index contributed by atoms with van der Waals surface area (Å²) in [5.74, 6) is 4.22. The highest BCUT2D eigenvalue weighted by Crippen LogP contribution is 2.39. The average molecular weight is 900 g/mol. The standard InChI is InChI=1S/C34H33F3N2O3.C17H18F3NO2/c1-40-30-11-7-4-8-24(30)14-18-28-27-9-5-6-10-29(27)38-33(28)39(26-17-19-31(41-2)32(22-26)42-3)21-20-23-12-15-25(16-13-23)34(35,36)37;1-22-15-8-7-14(11-16(15)23-2)21-10-9-12-3-5-13(6-4-12)17(18,19)20/h4-13,15-17,19,22,38H,14,18,20-21H2,1-3H3;3-8,11,21H,9-10H2,1-2H3. The first-order valence-electron chi connectivity index (χ1n) is 20.8. The second-order valence-electron chi connectivity index (χ2n) is 14.9. The van der Waals surface area contributed by atoms with Crippen molar-refractivity contribution in [3.05, 3.63) is 167 Å². The first-order chi connectivity index (χ1) is 31.3. The largest absolute Gasteiger partial charge is 0.496 e. The van der Waals surface area contributed by atoms with E-state index in [2.05, 4.69) is 27.3 Å². The van der Waals surface area contributed by atoms with Crippen LogP contribution in [0.4, 0.5) is 43.5 Å². The number of hydrogen-bond acceptors (Lipinski definition) is 7. The molecule has 0 saturated carbocycles. The molecule has 0 aliphatic heterocycles. The summed E-state index contributed by atoms with van der Waals surface area (Å²) in [6, 6.07) is 37.9. The van der Waals surface area contributed by atoms with Crippen molar-refractivity contribution in [2.24, 2.45) is 0 Å².